The third-order valence-corrected chi connectivity index (χ3v) is 22.3. The maximum absolute atomic E-state index is 13.1. The molecule has 5 atom stereocenters. The highest BCUT2D eigenvalue weighted by molar-refractivity contribution is 7.47. The Kier molecular flexibility index (Phi) is 78.6. The van der Waals surface area contributed by atoms with Crippen LogP contribution in [0.2, 0.25) is 0 Å². The molecule has 105 heavy (non-hydrogen) atoms. The quantitative estimate of drug-likeness (QED) is 0.0222. The smallest absolute Gasteiger partial charge is 0.462 e. The molecule has 0 aliphatic rings. The molecule has 0 spiro atoms. The lowest BCUT2D eigenvalue weighted by Crippen LogP contribution is -2.30. The predicted molar refractivity (Wildman–Crippen MR) is 432 cm³/mol. The van der Waals surface area contributed by atoms with Crippen molar-refractivity contribution in [2.75, 3.05) is 39.6 Å². The number of phosphoric ester groups is 2. The lowest BCUT2D eigenvalue weighted by atomic mass is 10.0. The van der Waals surface area contributed by atoms with Gasteiger partial charge in [-0.2, -0.15) is 0 Å². The van der Waals surface area contributed by atoms with E-state index in [4.69, 9.17) is 37.0 Å². The summed E-state index contributed by atoms with van der Waals surface area (Å²) in [7, 11) is -9.93. The molecule has 2 unspecified atom stereocenters. The van der Waals surface area contributed by atoms with Gasteiger partial charge in [0.25, 0.3) is 0 Å². The highest BCUT2D eigenvalue weighted by Gasteiger charge is 2.30. The zero-order valence-electron chi connectivity index (χ0n) is 68.7. The van der Waals surface area contributed by atoms with Crippen LogP contribution in [-0.2, 0) is 65.4 Å². The number of rotatable bonds is 87. The van der Waals surface area contributed by atoms with Gasteiger partial charge in [-0.1, -0.05) is 419 Å². The number of ether oxygens (including phenoxy) is 4. The summed E-state index contributed by atoms with van der Waals surface area (Å²) in [6, 6.07) is 0. The second kappa shape index (κ2) is 80.1. The summed E-state index contributed by atoms with van der Waals surface area (Å²) in [6.45, 7) is 5.06. The molecule has 3 N–H and O–H groups in total. The lowest BCUT2D eigenvalue weighted by Gasteiger charge is -2.21. The fourth-order valence-electron chi connectivity index (χ4n) is 13.5. The molecule has 0 saturated carbocycles. The summed E-state index contributed by atoms with van der Waals surface area (Å²) in [5.74, 6) is -2.10. The van der Waals surface area contributed by atoms with E-state index in [-0.39, 0.29) is 25.7 Å². The van der Waals surface area contributed by atoms with Crippen molar-refractivity contribution in [3.63, 3.8) is 0 Å². The van der Waals surface area contributed by atoms with Crippen molar-refractivity contribution in [1.82, 2.24) is 0 Å². The maximum Gasteiger partial charge on any atom is 0.472 e. The Morgan fingerprint density at radius 1 is 0.229 bits per heavy atom. The number of aliphatic hydroxyl groups excluding tert-OH is 1. The number of hydrogen-bond acceptors (Lipinski definition) is 15. The lowest BCUT2D eigenvalue weighted by molar-refractivity contribution is -0.161. The van der Waals surface area contributed by atoms with Gasteiger partial charge >= 0.3 is 39.5 Å². The van der Waals surface area contributed by atoms with E-state index in [9.17, 15) is 43.2 Å². The molecule has 0 amide bonds. The summed E-state index contributed by atoms with van der Waals surface area (Å²) >= 11 is 0. The van der Waals surface area contributed by atoms with Crippen LogP contribution >= 0.6 is 15.6 Å². The largest absolute Gasteiger partial charge is 0.472 e. The van der Waals surface area contributed by atoms with Crippen LogP contribution in [0.4, 0.5) is 0 Å². The fourth-order valence-corrected chi connectivity index (χ4v) is 15.1. The van der Waals surface area contributed by atoms with Gasteiger partial charge in [-0.25, -0.2) is 9.13 Å². The zero-order valence-corrected chi connectivity index (χ0v) is 70.5. The summed E-state index contributed by atoms with van der Waals surface area (Å²) in [6.07, 6.45) is 74.9. The summed E-state index contributed by atoms with van der Waals surface area (Å²) < 4.78 is 68.9. The minimum atomic E-state index is -4.96. The minimum Gasteiger partial charge on any atom is -0.462 e. The van der Waals surface area contributed by atoms with Gasteiger partial charge < -0.3 is 33.8 Å². The van der Waals surface area contributed by atoms with E-state index in [2.05, 4.69) is 27.7 Å². The Hall–Kier alpha value is -1.94. The van der Waals surface area contributed by atoms with Crippen LogP contribution in [0, 0.1) is 0 Å². The Balaban J connectivity index is 5.23. The van der Waals surface area contributed by atoms with E-state index in [0.717, 1.165) is 89.9 Å². The maximum atomic E-state index is 13.1. The molecule has 0 heterocycles. The van der Waals surface area contributed by atoms with E-state index >= 15 is 0 Å². The molecule has 0 aliphatic carbocycles. The molecule has 0 fully saturated rings. The standard InChI is InChI=1S/C86H168O17P2/c1-5-9-13-17-21-25-29-33-36-38-40-41-42-44-46-49-53-57-61-65-69-73-86(91)103-82(77-97-84(89)71-67-63-59-55-51-48-45-43-39-37-34-30-26-22-18-14-10-6-2)79-101-105(94,95)99-75-80(87)74-98-104(92,93)100-78-81(76-96-83(88)70-66-62-58-54-50-32-28-24-20-16-12-8-4)102-85(90)72-68-64-60-56-52-47-35-31-27-23-19-15-11-7-3/h80-82,87H,5-79H2,1-4H3,(H,92,93)(H,94,95)/t80-,81+,82+/m0/s1. The van der Waals surface area contributed by atoms with E-state index in [1.54, 1.807) is 0 Å². The Labute approximate surface area is 645 Å². The third kappa shape index (κ3) is 79.9. The van der Waals surface area contributed by atoms with Crippen molar-refractivity contribution in [3.8, 4) is 0 Å². The summed E-state index contributed by atoms with van der Waals surface area (Å²) in [4.78, 5) is 73.2. The zero-order chi connectivity index (χ0) is 76.7. The van der Waals surface area contributed by atoms with Gasteiger partial charge in [-0.3, -0.25) is 37.3 Å². The molecule has 17 nitrogen and oxygen atoms in total. The van der Waals surface area contributed by atoms with E-state index in [1.165, 1.54) is 302 Å². The highest BCUT2D eigenvalue weighted by Crippen LogP contribution is 2.45. The van der Waals surface area contributed by atoms with Gasteiger partial charge in [0.15, 0.2) is 12.2 Å². The molecule has 0 radical (unpaired) electrons. The fraction of sp³-hybridized carbons (Fsp3) is 0.953. The average Bonchev–Trinajstić information content (AvgIpc) is 0.915. The molecular formula is C86H168O17P2. The van der Waals surface area contributed by atoms with Crippen molar-refractivity contribution in [3.05, 3.63) is 0 Å². The SMILES string of the molecule is CCCCCCCCCCCCCCCCCCCCCCCC(=O)O[C@H](COC(=O)CCCCCCCCCCCCCCCCCCCC)COP(=O)(O)OC[C@@H](O)COP(=O)(O)OC[C@@H](COC(=O)CCCCCCCCCCCCCC)OC(=O)CCCCCCCCCCCCCCCC. The molecule has 0 saturated heterocycles. The molecule has 624 valence electrons. The van der Waals surface area contributed by atoms with Crippen LogP contribution in [0.25, 0.3) is 0 Å². The van der Waals surface area contributed by atoms with Crippen LogP contribution in [0.1, 0.15) is 471 Å². The first kappa shape index (κ1) is 103. The van der Waals surface area contributed by atoms with Crippen molar-refractivity contribution in [2.24, 2.45) is 0 Å². The van der Waals surface area contributed by atoms with Crippen LogP contribution in [0.3, 0.4) is 0 Å². The molecule has 19 heteroatoms. The average molecular weight is 1540 g/mol. The Morgan fingerprint density at radius 3 is 0.562 bits per heavy atom. The summed E-state index contributed by atoms with van der Waals surface area (Å²) in [5, 5.41) is 10.7. The van der Waals surface area contributed by atoms with Gasteiger partial charge in [0, 0.05) is 25.7 Å². The first-order valence-corrected chi connectivity index (χ1v) is 47.8. The van der Waals surface area contributed by atoms with Gasteiger partial charge in [-0.05, 0) is 25.7 Å². The molecule has 0 aromatic heterocycles. The number of phosphoric acid groups is 2. The van der Waals surface area contributed by atoms with Crippen LogP contribution in [0.15, 0.2) is 0 Å². The van der Waals surface area contributed by atoms with E-state index in [1.807, 2.05) is 0 Å². The number of hydrogen-bond donors (Lipinski definition) is 3. The van der Waals surface area contributed by atoms with Gasteiger partial charge in [0.1, 0.15) is 19.3 Å². The first-order valence-electron chi connectivity index (χ1n) is 44.8. The number of aliphatic hydroxyl groups is 1. The van der Waals surface area contributed by atoms with Crippen molar-refractivity contribution >= 4 is 39.5 Å². The molecule has 0 rings (SSSR count). The molecule has 0 aromatic carbocycles. The number of carbonyl (C=O) groups is 4. The Morgan fingerprint density at radius 2 is 0.381 bits per heavy atom. The van der Waals surface area contributed by atoms with Gasteiger partial charge in [0.05, 0.1) is 26.4 Å². The van der Waals surface area contributed by atoms with Crippen LogP contribution in [0.5, 0.6) is 0 Å². The van der Waals surface area contributed by atoms with Gasteiger partial charge in [0.2, 0.25) is 0 Å². The van der Waals surface area contributed by atoms with Crippen molar-refractivity contribution in [2.45, 2.75) is 489 Å². The highest BCUT2D eigenvalue weighted by atomic mass is 31.2. The second-order valence-corrected chi connectivity index (χ2v) is 33.8. The topological polar surface area (TPSA) is 237 Å². The van der Waals surface area contributed by atoms with E-state index in [0.29, 0.717) is 25.7 Å². The normalized spacial score (nSPS) is 13.7. The number of carbonyl (C=O) groups excluding carboxylic acids is 4. The molecule has 0 bridgehead atoms. The monoisotopic (exact) mass is 1540 g/mol. The summed E-state index contributed by atoms with van der Waals surface area (Å²) in [5.41, 5.74) is 0. The van der Waals surface area contributed by atoms with Crippen molar-refractivity contribution in [1.29, 1.82) is 0 Å². The first-order chi connectivity index (χ1) is 51.2. The molecular weight excluding hydrogens is 1370 g/mol. The third-order valence-electron chi connectivity index (χ3n) is 20.4. The van der Waals surface area contributed by atoms with E-state index < -0.39 is 97.5 Å². The molecule has 0 aromatic rings. The Bertz CT molecular complexity index is 1980. The van der Waals surface area contributed by atoms with Gasteiger partial charge in [-0.15, -0.1) is 0 Å². The van der Waals surface area contributed by atoms with Crippen molar-refractivity contribution < 1.29 is 80.2 Å². The minimum absolute atomic E-state index is 0.109. The number of esters is 4. The van der Waals surface area contributed by atoms with Crippen LogP contribution in [-0.4, -0.2) is 96.7 Å². The molecule has 0 aliphatic heterocycles. The predicted octanol–water partition coefficient (Wildman–Crippen LogP) is 26.5. The number of unbranched alkanes of at least 4 members (excludes halogenated alkanes) is 61. The second-order valence-electron chi connectivity index (χ2n) is 30.9. The van der Waals surface area contributed by atoms with Crippen LogP contribution < -0.4 is 0 Å².